The van der Waals surface area contributed by atoms with Crippen molar-refractivity contribution in [3.8, 4) is 0 Å². The molecule has 0 aliphatic rings. The van der Waals surface area contributed by atoms with E-state index in [0.717, 1.165) is 10.4 Å². The number of sulfonamides is 1. The molecule has 0 aliphatic heterocycles. The van der Waals surface area contributed by atoms with Gasteiger partial charge >= 0.3 is 0 Å². The van der Waals surface area contributed by atoms with Crippen LogP contribution in [0.4, 0.5) is 4.39 Å². The first-order chi connectivity index (χ1) is 5.94. The molecule has 0 aromatic heterocycles. The Bertz CT molecular complexity index is 400. The largest absolute Gasteiger partial charge is 0.242 e. The molecular formula is C8H10FNO2S. The van der Waals surface area contributed by atoms with Gasteiger partial charge < -0.3 is 0 Å². The van der Waals surface area contributed by atoms with Crippen LogP contribution in [0.2, 0.25) is 0 Å². The van der Waals surface area contributed by atoms with Crippen molar-refractivity contribution >= 4 is 10.0 Å². The van der Waals surface area contributed by atoms with E-state index in [1.54, 1.807) is 0 Å². The minimum absolute atomic E-state index is 0.0301. The van der Waals surface area contributed by atoms with Crippen LogP contribution in [0, 0.1) is 5.82 Å². The second-order valence-corrected chi connectivity index (χ2v) is 4.90. The number of rotatable bonds is 2. The molecule has 0 unspecified atom stereocenters. The van der Waals surface area contributed by atoms with Gasteiger partial charge in [-0.3, -0.25) is 0 Å². The lowest BCUT2D eigenvalue weighted by molar-refractivity contribution is 0.519. The Balaban J connectivity index is 3.24. The van der Waals surface area contributed by atoms with Crippen LogP contribution in [0.5, 0.6) is 0 Å². The maximum Gasteiger partial charge on any atom is 0.242 e. The molecule has 0 N–H and O–H groups in total. The van der Waals surface area contributed by atoms with E-state index in [-0.39, 0.29) is 4.90 Å². The Kier molecular flexibility index (Phi) is 2.68. The van der Waals surface area contributed by atoms with Crippen molar-refractivity contribution in [2.75, 3.05) is 14.1 Å². The van der Waals surface area contributed by atoms with E-state index in [2.05, 4.69) is 0 Å². The van der Waals surface area contributed by atoms with Crippen molar-refractivity contribution < 1.29 is 12.8 Å². The van der Waals surface area contributed by atoms with Crippen LogP contribution in [0.15, 0.2) is 29.2 Å². The van der Waals surface area contributed by atoms with Gasteiger partial charge in [-0.25, -0.2) is 17.1 Å². The maximum absolute atomic E-state index is 12.7. The van der Waals surface area contributed by atoms with Crippen molar-refractivity contribution in [2.45, 2.75) is 4.90 Å². The van der Waals surface area contributed by atoms with Gasteiger partial charge in [-0.05, 0) is 18.2 Å². The Morgan fingerprint density at radius 3 is 2.38 bits per heavy atom. The Labute approximate surface area is 76.8 Å². The highest BCUT2D eigenvalue weighted by molar-refractivity contribution is 7.89. The number of hydrogen-bond donors (Lipinski definition) is 0. The van der Waals surface area contributed by atoms with Gasteiger partial charge in [0.05, 0.1) is 4.90 Å². The smallest absolute Gasteiger partial charge is 0.207 e. The lowest BCUT2D eigenvalue weighted by Crippen LogP contribution is -2.22. The lowest BCUT2D eigenvalue weighted by Gasteiger charge is -2.10. The summed E-state index contributed by atoms with van der Waals surface area (Å²) in [4.78, 5) is -0.0301. The molecule has 0 spiro atoms. The molecule has 1 aromatic rings. The Morgan fingerprint density at radius 1 is 1.31 bits per heavy atom. The molecule has 72 valence electrons. The average Bonchev–Trinajstić information content (AvgIpc) is 2.04. The number of hydrogen-bond acceptors (Lipinski definition) is 2. The zero-order chi connectivity index (χ0) is 10.1. The van der Waals surface area contributed by atoms with E-state index < -0.39 is 15.8 Å². The fourth-order valence-corrected chi connectivity index (χ4v) is 1.77. The summed E-state index contributed by atoms with van der Waals surface area (Å²) in [6.45, 7) is 0. The van der Waals surface area contributed by atoms with Crippen LogP contribution >= 0.6 is 0 Å². The van der Waals surface area contributed by atoms with Gasteiger partial charge in [0, 0.05) is 14.1 Å². The van der Waals surface area contributed by atoms with Crippen molar-refractivity contribution in [1.29, 1.82) is 0 Å². The molecule has 0 radical (unpaired) electrons. The molecule has 0 amide bonds. The molecule has 0 aliphatic carbocycles. The van der Waals surface area contributed by atoms with Gasteiger partial charge in [0.2, 0.25) is 10.0 Å². The predicted molar refractivity (Wildman–Crippen MR) is 47.3 cm³/mol. The van der Waals surface area contributed by atoms with Gasteiger partial charge in [0.25, 0.3) is 0 Å². The van der Waals surface area contributed by atoms with E-state index >= 15 is 0 Å². The summed E-state index contributed by atoms with van der Waals surface area (Å²) in [5.74, 6) is -0.553. The topological polar surface area (TPSA) is 37.4 Å². The van der Waals surface area contributed by atoms with Crippen molar-refractivity contribution in [2.24, 2.45) is 0 Å². The van der Waals surface area contributed by atoms with Gasteiger partial charge in [-0.2, -0.15) is 0 Å². The molecule has 3 nitrogen and oxygen atoms in total. The first-order valence-electron chi connectivity index (χ1n) is 3.62. The van der Waals surface area contributed by atoms with Crippen LogP contribution < -0.4 is 0 Å². The third-order valence-corrected chi connectivity index (χ3v) is 3.39. The molecule has 0 fully saturated rings. The highest BCUT2D eigenvalue weighted by Crippen LogP contribution is 2.13. The van der Waals surface area contributed by atoms with Gasteiger partial charge in [0.1, 0.15) is 5.82 Å². The predicted octanol–water partition coefficient (Wildman–Crippen LogP) is 1.08. The average molecular weight is 203 g/mol. The molecule has 0 saturated heterocycles. The van der Waals surface area contributed by atoms with Crippen molar-refractivity contribution in [1.82, 2.24) is 4.31 Å². The molecular weight excluding hydrogens is 193 g/mol. The fourth-order valence-electron chi connectivity index (χ4n) is 0.838. The Hall–Kier alpha value is -0.940. The van der Waals surface area contributed by atoms with E-state index in [1.165, 1.54) is 32.3 Å². The fraction of sp³-hybridized carbons (Fsp3) is 0.250. The number of benzene rings is 1. The highest BCUT2D eigenvalue weighted by Gasteiger charge is 2.16. The van der Waals surface area contributed by atoms with Crippen LogP contribution in [-0.4, -0.2) is 26.8 Å². The van der Waals surface area contributed by atoms with E-state index in [4.69, 9.17) is 0 Å². The van der Waals surface area contributed by atoms with E-state index in [1.807, 2.05) is 0 Å². The second-order valence-electron chi connectivity index (χ2n) is 2.74. The van der Waals surface area contributed by atoms with E-state index in [9.17, 15) is 12.8 Å². The summed E-state index contributed by atoms with van der Waals surface area (Å²) >= 11 is 0. The van der Waals surface area contributed by atoms with Crippen LogP contribution in [0.1, 0.15) is 0 Å². The minimum atomic E-state index is -3.51. The first kappa shape index (κ1) is 10.1. The third-order valence-electron chi connectivity index (χ3n) is 1.57. The summed E-state index contributed by atoms with van der Waals surface area (Å²) in [5, 5.41) is 0. The molecule has 0 heterocycles. The van der Waals surface area contributed by atoms with Gasteiger partial charge in [-0.1, -0.05) is 6.07 Å². The lowest BCUT2D eigenvalue weighted by atomic mass is 10.4. The standard InChI is InChI=1S/C8H10FNO2S/c1-10(2)13(11,12)8-5-3-4-7(9)6-8/h3-6H,1-2H3. The SMILES string of the molecule is CN(C)S(=O)(=O)c1cccc(F)c1. The van der Waals surface area contributed by atoms with Crippen LogP contribution in [-0.2, 0) is 10.0 Å². The zero-order valence-electron chi connectivity index (χ0n) is 7.36. The molecule has 13 heavy (non-hydrogen) atoms. The number of nitrogens with zero attached hydrogens (tertiary/aromatic N) is 1. The maximum atomic E-state index is 12.7. The van der Waals surface area contributed by atoms with Crippen molar-refractivity contribution in [3.05, 3.63) is 30.1 Å². The molecule has 1 rings (SSSR count). The quantitative estimate of drug-likeness (QED) is 0.721. The summed E-state index contributed by atoms with van der Waals surface area (Å²) in [6, 6.07) is 4.92. The van der Waals surface area contributed by atoms with Gasteiger partial charge in [0.15, 0.2) is 0 Å². The zero-order valence-corrected chi connectivity index (χ0v) is 8.18. The molecule has 0 atom stereocenters. The van der Waals surface area contributed by atoms with Gasteiger partial charge in [-0.15, -0.1) is 0 Å². The second kappa shape index (κ2) is 3.43. The molecule has 0 saturated carbocycles. The van der Waals surface area contributed by atoms with Crippen LogP contribution in [0.3, 0.4) is 0 Å². The minimum Gasteiger partial charge on any atom is -0.207 e. The summed E-state index contributed by atoms with van der Waals surface area (Å²) in [5.41, 5.74) is 0. The third kappa shape index (κ3) is 2.05. The first-order valence-corrected chi connectivity index (χ1v) is 5.06. The molecule has 5 heteroatoms. The highest BCUT2D eigenvalue weighted by atomic mass is 32.2. The molecule has 0 bridgehead atoms. The number of halogens is 1. The Morgan fingerprint density at radius 2 is 1.92 bits per heavy atom. The van der Waals surface area contributed by atoms with Crippen LogP contribution in [0.25, 0.3) is 0 Å². The monoisotopic (exact) mass is 203 g/mol. The normalized spacial score (nSPS) is 12.0. The summed E-state index contributed by atoms with van der Waals surface area (Å²) < 4.78 is 36.6. The van der Waals surface area contributed by atoms with E-state index in [0.29, 0.717) is 0 Å². The summed E-state index contributed by atoms with van der Waals surface area (Å²) in [6.07, 6.45) is 0. The molecule has 1 aromatic carbocycles. The summed E-state index contributed by atoms with van der Waals surface area (Å²) in [7, 11) is -0.700. The van der Waals surface area contributed by atoms with Crippen molar-refractivity contribution in [3.63, 3.8) is 0 Å².